The average Bonchev–Trinajstić information content (AvgIpc) is 3.30. The summed E-state index contributed by atoms with van der Waals surface area (Å²) in [4.78, 5) is 15.0. The number of carbonyl (C=O) groups excluding carboxylic acids is 1. The minimum Gasteiger partial charge on any atom is -0.381 e. The van der Waals surface area contributed by atoms with Crippen molar-refractivity contribution in [3.63, 3.8) is 0 Å². The second kappa shape index (κ2) is 10.0. The molecule has 2 fully saturated rings. The molecule has 2 atom stereocenters. The molecular weight excluding hydrogens is 364 g/mol. The molecule has 0 radical (unpaired) electrons. The van der Waals surface area contributed by atoms with Gasteiger partial charge in [-0.15, -0.1) is 0 Å². The van der Waals surface area contributed by atoms with Crippen molar-refractivity contribution < 1.29 is 14.3 Å². The van der Waals surface area contributed by atoms with Gasteiger partial charge in [0.2, 0.25) is 5.91 Å². The number of carbonyl (C=O) groups is 1. The zero-order valence-electron chi connectivity index (χ0n) is 16.9. The monoisotopic (exact) mass is 394 g/mol. The van der Waals surface area contributed by atoms with Crippen molar-refractivity contribution in [2.24, 2.45) is 5.92 Å². The SMILES string of the molecule is O=C(Cc1ccc(-c2ccccc2)cc1)NCC(C1CCOC1)N1CCOCC1. The Morgan fingerprint density at radius 1 is 0.966 bits per heavy atom. The third kappa shape index (κ3) is 5.44. The molecule has 2 aliphatic rings. The number of benzene rings is 2. The summed E-state index contributed by atoms with van der Waals surface area (Å²) in [5, 5.41) is 3.17. The first-order valence-corrected chi connectivity index (χ1v) is 10.6. The van der Waals surface area contributed by atoms with Gasteiger partial charge in [0.25, 0.3) is 0 Å². The van der Waals surface area contributed by atoms with Gasteiger partial charge in [-0.25, -0.2) is 0 Å². The van der Waals surface area contributed by atoms with Gasteiger partial charge < -0.3 is 14.8 Å². The van der Waals surface area contributed by atoms with Gasteiger partial charge in [0.15, 0.2) is 0 Å². The fourth-order valence-corrected chi connectivity index (χ4v) is 4.27. The lowest BCUT2D eigenvalue weighted by Crippen LogP contribution is -2.52. The summed E-state index contributed by atoms with van der Waals surface area (Å²) >= 11 is 0. The van der Waals surface area contributed by atoms with Crippen LogP contribution in [-0.2, 0) is 20.7 Å². The van der Waals surface area contributed by atoms with Gasteiger partial charge in [-0.3, -0.25) is 9.69 Å². The van der Waals surface area contributed by atoms with Crippen LogP contribution in [0.2, 0.25) is 0 Å². The Balaban J connectivity index is 1.32. The number of ether oxygens (including phenoxy) is 2. The second-order valence-corrected chi connectivity index (χ2v) is 7.88. The van der Waals surface area contributed by atoms with Crippen LogP contribution in [0.1, 0.15) is 12.0 Å². The third-order valence-electron chi connectivity index (χ3n) is 5.96. The highest BCUT2D eigenvalue weighted by Gasteiger charge is 2.31. The molecular formula is C24H30N2O3. The van der Waals surface area contributed by atoms with Crippen LogP contribution in [0.25, 0.3) is 11.1 Å². The molecule has 0 saturated carbocycles. The van der Waals surface area contributed by atoms with Gasteiger partial charge in [0, 0.05) is 38.2 Å². The van der Waals surface area contributed by atoms with Crippen molar-refractivity contribution in [1.29, 1.82) is 0 Å². The Labute approximate surface area is 173 Å². The number of amides is 1. The van der Waals surface area contributed by atoms with Gasteiger partial charge in [-0.2, -0.15) is 0 Å². The van der Waals surface area contributed by atoms with Crippen molar-refractivity contribution in [3.05, 3.63) is 60.2 Å². The van der Waals surface area contributed by atoms with E-state index in [0.29, 0.717) is 24.9 Å². The average molecular weight is 395 g/mol. The molecule has 2 unspecified atom stereocenters. The second-order valence-electron chi connectivity index (χ2n) is 7.88. The van der Waals surface area contributed by atoms with Crippen LogP contribution < -0.4 is 5.32 Å². The Morgan fingerprint density at radius 2 is 1.69 bits per heavy atom. The van der Waals surface area contributed by atoms with Gasteiger partial charge in [0.05, 0.1) is 26.2 Å². The summed E-state index contributed by atoms with van der Waals surface area (Å²) in [6, 6.07) is 18.9. The summed E-state index contributed by atoms with van der Waals surface area (Å²) in [5.41, 5.74) is 3.40. The first kappa shape index (κ1) is 20.1. The number of hydrogen-bond donors (Lipinski definition) is 1. The Bertz CT molecular complexity index is 766. The molecule has 2 aliphatic heterocycles. The molecule has 5 heteroatoms. The Kier molecular flexibility index (Phi) is 6.93. The van der Waals surface area contributed by atoms with E-state index in [0.717, 1.165) is 51.5 Å². The van der Waals surface area contributed by atoms with Crippen molar-refractivity contribution >= 4 is 5.91 Å². The maximum absolute atomic E-state index is 12.6. The highest BCUT2D eigenvalue weighted by Crippen LogP contribution is 2.22. The normalized spacial score (nSPS) is 21.0. The molecule has 154 valence electrons. The van der Waals surface area contributed by atoms with E-state index in [1.54, 1.807) is 0 Å². The Morgan fingerprint density at radius 3 is 2.38 bits per heavy atom. The molecule has 0 bridgehead atoms. The Hall–Kier alpha value is -2.21. The lowest BCUT2D eigenvalue weighted by molar-refractivity contribution is -0.120. The molecule has 1 N–H and O–H groups in total. The molecule has 2 aromatic rings. The summed E-state index contributed by atoms with van der Waals surface area (Å²) in [7, 11) is 0. The molecule has 2 heterocycles. The minimum atomic E-state index is 0.0784. The van der Waals surface area contributed by atoms with Crippen LogP contribution >= 0.6 is 0 Å². The predicted molar refractivity (Wildman–Crippen MR) is 114 cm³/mol. The smallest absolute Gasteiger partial charge is 0.224 e. The van der Waals surface area contributed by atoms with Gasteiger partial charge >= 0.3 is 0 Å². The largest absolute Gasteiger partial charge is 0.381 e. The lowest BCUT2D eigenvalue weighted by Gasteiger charge is -2.37. The quantitative estimate of drug-likeness (QED) is 0.785. The number of nitrogens with zero attached hydrogens (tertiary/aromatic N) is 1. The maximum atomic E-state index is 12.6. The van der Waals surface area contributed by atoms with Crippen molar-refractivity contribution in [2.45, 2.75) is 18.9 Å². The van der Waals surface area contributed by atoms with E-state index in [9.17, 15) is 4.79 Å². The zero-order chi connectivity index (χ0) is 19.9. The maximum Gasteiger partial charge on any atom is 0.224 e. The first-order chi connectivity index (χ1) is 14.3. The third-order valence-corrected chi connectivity index (χ3v) is 5.96. The number of nitrogens with one attached hydrogen (secondary N) is 1. The lowest BCUT2D eigenvalue weighted by atomic mass is 9.96. The van der Waals surface area contributed by atoms with E-state index in [1.807, 2.05) is 30.3 Å². The molecule has 2 aromatic carbocycles. The van der Waals surface area contributed by atoms with E-state index in [-0.39, 0.29) is 5.91 Å². The standard InChI is InChI=1S/C24H30N2O3/c27-24(16-19-6-8-21(9-7-19)20-4-2-1-3-5-20)25-17-23(22-10-13-29-18-22)26-11-14-28-15-12-26/h1-9,22-23H,10-18H2,(H,25,27). The van der Waals surface area contributed by atoms with E-state index in [1.165, 1.54) is 11.1 Å². The highest BCUT2D eigenvalue weighted by atomic mass is 16.5. The predicted octanol–water partition coefficient (Wildman–Crippen LogP) is 2.75. The van der Waals surface area contributed by atoms with Crippen molar-refractivity contribution in [3.8, 4) is 11.1 Å². The van der Waals surface area contributed by atoms with Gasteiger partial charge in [-0.1, -0.05) is 54.6 Å². The molecule has 0 aliphatic carbocycles. The number of morpholine rings is 1. The summed E-state index contributed by atoms with van der Waals surface area (Å²) in [6.45, 7) is 5.69. The van der Waals surface area contributed by atoms with Crippen molar-refractivity contribution in [2.75, 3.05) is 46.1 Å². The molecule has 29 heavy (non-hydrogen) atoms. The molecule has 5 nitrogen and oxygen atoms in total. The topological polar surface area (TPSA) is 50.8 Å². The zero-order valence-corrected chi connectivity index (χ0v) is 16.9. The fraction of sp³-hybridized carbons (Fsp3) is 0.458. The van der Waals surface area contributed by atoms with Crippen LogP contribution in [0.15, 0.2) is 54.6 Å². The molecule has 1 amide bonds. The number of hydrogen-bond acceptors (Lipinski definition) is 4. The van der Waals surface area contributed by atoms with E-state index >= 15 is 0 Å². The molecule has 0 spiro atoms. The number of rotatable bonds is 7. The minimum absolute atomic E-state index is 0.0784. The first-order valence-electron chi connectivity index (χ1n) is 10.6. The van der Waals surface area contributed by atoms with Crippen molar-refractivity contribution in [1.82, 2.24) is 10.2 Å². The van der Waals surface area contributed by atoms with E-state index in [4.69, 9.17) is 9.47 Å². The van der Waals surface area contributed by atoms with Gasteiger partial charge in [0.1, 0.15) is 0 Å². The molecule has 0 aromatic heterocycles. The van der Waals surface area contributed by atoms with E-state index < -0.39 is 0 Å². The highest BCUT2D eigenvalue weighted by molar-refractivity contribution is 5.79. The summed E-state index contributed by atoms with van der Waals surface area (Å²) in [5.74, 6) is 0.563. The van der Waals surface area contributed by atoms with E-state index in [2.05, 4.69) is 34.5 Å². The van der Waals surface area contributed by atoms with Crippen LogP contribution in [0, 0.1) is 5.92 Å². The summed E-state index contributed by atoms with van der Waals surface area (Å²) < 4.78 is 11.1. The van der Waals surface area contributed by atoms with Gasteiger partial charge in [-0.05, 0) is 23.1 Å². The molecule has 4 rings (SSSR count). The fourth-order valence-electron chi connectivity index (χ4n) is 4.27. The van der Waals surface area contributed by atoms with Crippen LogP contribution in [0.3, 0.4) is 0 Å². The summed E-state index contributed by atoms with van der Waals surface area (Å²) in [6.07, 6.45) is 1.48. The molecule has 2 saturated heterocycles. The van der Waals surface area contributed by atoms with Crippen LogP contribution in [-0.4, -0.2) is 62.9 Å². The van der Waals surface area contributed by atoms with Crippen LogP contribution in [0.5, 0.6) is 0 Å². The van der Waals surface area contributed by atoms with Crippen LogP contribution in [0.4, 0.5) is 0 Å².